The average molecular weight is 290 g/mol. The highest BCUT2D eigenvalue weighted by Crippen LogP contribution is 1.95. The van der Waals surface area contributed by atoms with Crippen LogP contribution in [0, 0.1) is 0 Å². The second-order valence-electron chi connectivity index (χ2n) is 3.85. The van der Waals surface area contributed by atoms with Crippen LogP contribution in [0.1, 0.15) is 19.8 Å². The third kappa shape index (κ3) is 8.72. The van der Waals surface area contributed by atoms with Gasteiger partial charge in [-0.15, -0.1) is 0 Å². The number of nitrogens with one attached hydrogen (secondary N) is 1. The van der Waals surface area contributed by atoms with Gasteiger partial charge in [-0.2, -0.15) is 0 Å². The van der Waals surface area contributed by atoms with Crippen molar-refractivity contribution < 1.29 is 34.1 Å². The first kappa shape index (κ1) is 17.7. The quantitative estimate of drug-likeness (QED) is 0.521. The molecule has 0 aromatic rings. The number of alkyl carbamates (subject to hydrolysis) is 1. The van der Waals surface area contributed by atoms with E-state index in [4.69, 9.17) is 14.9 Å². The first-order valence-corrected chi connectivity index (χ1v) is 5.98. The molecule has 0 heterocycles. The summed E-state index contributed by atoms with van der Waals surface area (Å²) in [4.78, 5) is 44.4. The Morgan fingerprint density at radius 2 is 1.65 bits per heavy atom. The summed E-state index contributed by atoms with van der Waals surface area (Å²) in [5, 5.41) is 19.5. The zero-order valence-corrected chi connectivity index (χ0v) is 11.1. The molecule has 0 radical (unpaired) electrons. The monoisotopic (exact) mass is 290 g/mol. The van der Waals surface area contributed by atoms with Crippen molar-refractivity contribution in [3.8, 4) is 0 Å². The van der Waals surface area contributed by atoms with E-state index >= 15 is 0 Å². The number of hydrogen-bond acceptors (Lipinski definition) is 5. The lowest BCUT2D eigenvalue weighted by molar-refractivity contribution is -0.149. The molecule has 0 saturated heterocycles. The van der Waals surface area contributed by atoms with Crippen LogP contribution in [0.3, 0.4) is 0 Å². The third-order valence-electron chi connectivity index (χ3n) is 2.05. The van der Waals surface area contributed by atoms with Crippen LogP contribution in [-0.2, 0) is 19.1 Å². The Hall–Kier alpha value is -2.32. The summed E-state index contributed by atoms with van der Waals surface area (Å²) in [6.45, 7) is 0.615. The molecule has 0 aromatic carbocycles. The minimum atomic E-state index is -1.31. The van der Waals surface area contributed by atoms with Gasteiger partial charge in [0.15, 0.2) is 0 Å². The number of rotatable bonds is 9. The minimum Gasteiger partial charge on any atom is -0.480 e. The van der Waals surface area contributed by atoms with Gasteiger partial charge in [-0.25, -0.2) is 4.79 Å². The number of ether oxygens (including phenoxy) is 1. The van der Waals surface area contributed by atoms with E-state index in [1.165, 1.54) is 0 Å². The van der Waals surface area contributed by atoms with Crippen molar-refractivity contribution in [2.45, 2.75) is 19.8 Å². The SMILES string of the molecule is CCCOC(=O)NCCC(=O)N(CC(=O)O)CC(=O)O. The highest BCUT2D eigenvalue weighted by Gasteiger charge is 2.19. The van der Waals surface area contributed by atoms with Gasteiger partial charge in [-0.1, -0.05) is 6.92 Å². The summed E-state index contributed by atoms with van der Waals surface area (Å²) in [5.74, 6) is -3.30. The number of aliphatic carboxylic acids is 2. The van der Waals surface area contributed by atoms with Gasteiger partial charge in [0.2, 0.25) is 5.91 Å². The van der Waals surface area contributed by atoms with E-state index in [1.807, 2.05) is 6.92 Å². The van der Waals surface area contributed by atoms with Crippen LogP contribution >= 0.6 is 0 Å². The molecule has 0 unspecified atom stereocenters. The van der Waals surface area contributed by atoms with Crippen LogP contribution < -0.4 is 5.32 Å². The van der Waals surface area contributed by atoms with Crippen LogP contribution in [0.25, 0.3) is 0 Å². The van der Waals surface area contributed by atoms with Crippen molar-refractivity contribution in [2.75, 3.05) is 26.2 Å². The highest BCUT2D eigenvalue weighted by atomic mass is 16.5. The van der Waals surface area contributed by atoms with Gasteiger partial charge in [-0.05, 0) is 6.42 Å². The Balaban J connectivity index is 4.15. The average Bonchev–Trinajstić information content (AvgIpc) is 2.34. The predicted octanol–water partition coefficient (Wildman–Crippen LogP) is -0.489. The molecule has 0 aliphatic rings. The van der Waals surface area contributed by atoms with Crippen LogP contribution in [-0.4, -0.2) is 65.3 Å². The summed E-state index contributed by atoms with van der Waals surface area (Å²) >= 11 is 0. The Morgan fingerprint density at radius 3 is 2.10 bits per heavy atom. The first-order chi connectivity index (χ1) is 9.36. The number of hydrogen-bond donors (Lipinski definition) is 3. The molecule has 114 valence electrons. The lowest BCUT2D eigenvalue weighted by Crippen LogP contribution is -2.40. The van der Waals surface area contributed by atoms with Gasteiger partial charge in [0.25, 0.3) is 0 Å². The summed E-state index contributed by atoms with van der Waals surface area (Å²) in [5.41, 5.74) is 0. The van der Waals surface area contributed by atoms with E-state index in [-0.39, 0.29) is 19.6 Å². The molecule has 0 spiro atoms. The number of carboxylic acids is 2. The highest BCUT2D eigenvalue weighted by molar-refractivity contribution is 5.85. The molecule has 20 heavy (non-hydrogen) atoms. The zero-order valence-electron chi connectivity index (χ0n) is 11.1. The molecule has 3 N–H and O–H groups in total. The topological polar surface area (TPSA) is 133 Å². The molecular weight excluding hydrogens is 272 g/mol. The van der Waals surface area contributed by atoms with Gasteiger partial charge in [0.05, 0.1) is 6.61 Å². The number of carbonyl (C=O) groups is 4. The fourth-order valence-corrected chi connectivity index (χ4v) is 1.23. The van der Waals surface area contributed by atoms with Crippen LogP contribution in [0.15, 0.2) is 0 Å². The van der Waals surface area contributed by atoms with Gasteiger partial charge < -0.3 is 25.2 Å². The summed E-state index contributed by atoms with van der Waals surface area (Å²) in [7, 11) is 0. The molecule has 0 atom stereocenters. The van der Waals surface area contributed by atoms with Crippen LogP contribution in [0.4, 0.5) is 4.79 Å². The van der Waals surface area contributed by atoms with E-state index in [0.29, 0.717) is 11.3 Å². The molecule has 0 rings (SSSR count). The van der Waals surface area contributed by atoms with Crippen LogP contribution in [0.2, 0.25) is 0 Å². The van der Waals surface area contributed by atoms with E-state index in [2.05, 4.69) is 5.32 Å². The molecule has 2 amide bonds. The number of amides is 2. The molecule has 9 heteroatoms. The van der Waals surface area contributed by atoms with E-state index in [1.54, 1.807) is 0 Å². The van der Waals surface area contributed by atoms with Gasteiger partial charge >= 0.3 is 18.0 Å². The Kier molecular flexibility index (Phi) is 8.48. The predicted molar refractivity (Wildman–Crippen MR) is 66.1 cm³/mol. The second kappa shape index (κ2) is 9.59. The van der Waals surface area contributed by atoms with Crippen LogP contribution in [0.5, 0.6) is 0 Å². The molecular formula is C11H18N2O7. The molecule has 9 nitrogen and oxygen atoms in total. The van der Waals surface area contributed by atoms with Gasteiger partial charge in [0.1, 0.15) is 13.1 Å². The lowest BCUT2D eigenvalue weighted by atomic mass is 10.3. The molecule has 0 bridgehead atoms. The van der Waals surface area contributed by atoms with Crippen molar-refractivity contribution in [3.63, 3.8) is 0 Å². The van der Waals surface area contributed by atoms with Crippen molar-refractivity contribution >= 4 is 23.9 Å². The Labute approximate surface area is 115 Å². The number of carboxylic acid groups (broad SMARTS) is 2. The standard InChI is InChI=1S/C11H18N2O7/c1-2-5-20-11(19)12-4-3-8(14)13(6-9(15)16)7-10(17)18/h2-7H2,1H3,(H,12,19)(H,15,16)(H,17,18). The van der Waals surface area contributed by atoms with E-state index in [0.717, 1.165) is 0 Å². The Bertz CT molecular complexity index is 354. The van der Waals surface area contributed by atoms with E-state index < -0.39 is 37.0 Å². The fraction of sp³-hybridized carbons (Fsp3) is 0.636. The fourth-order valence-electron chi connectivity index (χ4n) is 1.23. The smallest absolute Gasteiger partial charge is 0.407 e. The number of nitrogens with zero attached hydrogens (tertiary/aromatic N) is 1. The summed E-state index contributed by atoms with van der Waals surface area (Å²) in [6, 6.07) is 0. The van der Waals surface area contributed by atoms with Crippen molar-refractivity contribution in [2.24, 2.45) is 0 Å². The zero-order chi connectivity index (χ0) is 15.5. The maximum absolute atomic E-state index is 11.6. The normalized spacial score (nSPS) is 9.65. The largest absolute Gasteiger partial charge is 0.480 e. The van der Waals surface area contributed by atoms with Crippen molar-refractivity contribution in [3.05, 3.63) is 0 Å². The summed E-state index contributed by atoms with van der Waals surface area (Å²) < 4.78 is 4.70. The van der Waals surface area contributed by atoms with Gasteiger partial charge in [-0.3, -0.25) is 14.4 Å². The molecule has 0 aromatic heterocycles. The minimum absolute atomic E-state index is 0.0584. The molecule has 0 fully saturated rings. The lowest BCUT2D eigenvalue weighted by Gasteiger charge is -2.18. The maximum atomic E-state index is 11.6. The van der Waals surface area contributed by atoms with Crippen molar-refractivity contribution in [1.29, 1.82) is 0 Å². The number of carbonyl (C=O) groups excluding carboxylic acids is 2. The molecule has 0 aliphatic carbocycles. The summed E-state index contributed by atoms with van der Waals surface area (Å²) in [6.07, 6.45) is -0.221. The third-order valence-corrected chi connectivity index (χ3v) is 2.05. The molecule has 0 saturated carbocycles. The van der Waals surface area contributed by atoms with Crippen molar-refractivity contribution in [1.82, 2.24) is 10.2 Å². The Morgan fingerprint density at radius 1 is 1.10 bits per heavy atom. The first-order valence-electron chi connectivity index (χ1n) is 5.98. The maximum Gasteiger partial charge on any atom is 0.407 e. The van der Waals surface area contributed by atoms with E-state index in [9.17, 15) is 19.2 Å². The van der Waals surface area contributed by atoms with Gasteiger partial charge in [0, 0.05) is 13.0 Å². The second-order valence-corrected chi connectivity index (χ2v) is 3.85. The molecule has 0 aliphatic heterocycles.